The average molecular weight is 377 g/mol. The van der Waals surface area contributed by atoms with Crippen LogP contribution in [0.3, 0.4) is 0 Å². The predicted octanol–water partition coefficient (Wildman–Crippen LogP) is 1.96. The van der Waals surface area contributed by atoms with Gasteiger partial charge < -0.3 is 10.2 Å². The van der Waals surface area contributed by atoms with Crippen LogP contribution in [0.15, 0.2) is 48.5 Å². The van der Waals surface area contributed by atoms with Crippen LogP contribution in [0.1, 0.15) is 43.1 Å². The van der Waals surface area contributed by atoms with Gasteiger partial charge in [0.25, 0.3) is 17.7 Å². The second-order valence-electron chi connectivity index (χ2n) is 7.15. The molecule has 0 unspecified atom stereocenters. The maximum atomic E-state index is 12.8. The Morgan fingerprint density at radius 1 is 0.929 bits per heavy atom. The Hall–Kier alpha value is -2.99. The summed E-state index contributed by atoms with van der Waals surface area (Å²) >= 11 is 0. The maximum Gasteiger partial charge on any atom is 0.261 e. The van der Waals surface area contributed by atoms with Crippen molar-refractivity contribution in [1.82, 2.24) is 15.1 Å². The molecule has 1 fully saturated rings. The summed E-state index contributed by atoms with van der Waals surface area (Å²) in [6.45, 7) is 3.33. The zero-order valence-corrected chi connectivity index (χ0v) is 15.7. The molecule has 2 aromatic carbocycles. The third-order valence-electron chi connectivity index (χ3n) is 5.31. The molecule has 6 heteroatoms. The van der Waals surface area contributed by atoms with Gasteiger partial charge in [0.05, 0.1) is 11.1 Å². The van der Waals surface area contributed by atoms with Gasteiger partial charge in [0, 0.05) is 31.7 Å². The van der Waals surface area contributed by atoms with Gasteiger partial charge in [-0.05, 0) is 43.1 Å². The molecule has 3 amide bonds. The van der Waals surface area contributed by atoms with Gasteiger partial charge in [0.2, 0.25) is 0 Å². The molecule has 28 heavy (non-hydrogen) atoms. The Balaban J connectivity index is 1.51. The van der Waals surface area contributed by atoms with Crippen molar-refractivity contribution in [1.29, 1.82) is 0 Å². The molecule has 0 saturated carbocycles. The lowest BCUT2D eigenvalue weighted by molar-refractivity contribution is 0.0655. The van der Waals surface area contributed by atoms with E-state index in [0.29, 0.717) is 42.7 Å². The summed E-state index contributed by atoms with van der Waals surface area (Å²) in [6, 6.07) is 14.6. The van der Waals surface area contributed by atoms with Crippen molar-refractivity contribution in [3.8, 4) is 0 Å². The first kappa shape index (κ1) is 18.4. The highest BCUT2D eigenvalue weighted by Crippen LogP contribution is 2.25. The Labute approximate surface area is 164 Å². The molecule has 0 aliphatic carbocycles. The number of carbonyl (C=O) groups is 3. The zero-order valence-electron chi connectivity index (χ0n) is 15.7. The van der Waals surface area contributed by atoms with Gasteiger partial charge >= 0.3 is 0 Å². The first-order chi connectivity index (χ1) is 13.6. The predicted molar refractivity (Wildman–Crippen MR) is 105 cm³/mol. The minimum Gasteiger partial charge on any atom is -0.337 e. The number of imide groups is 1. The number of carbonyl (C=O) groups excluding carboxylic acids is 3. The second-order valence-corrected chi connectivity index (χ2v) is 7.15. The number of amides is 3. The average Bonchev–Trinajstić information content (AvgIpc) is 2.92. The van der Waals surface area contributed by atoms with Crippen molar-refractivity contribution < 1.29 is 14.4 Å². The van der Waals surface area contributed by atoms with E-state index in [1.807, 2.05) is 30.3 Å². The highest BCUT2D eigenvalue weighted by atomic mass is 16.2. The van der Waals surface area contributed by atoms with Crippen molar-refractivity contribution in [2.24, 2.45) is 0 Å². The normalized spacial score (nSPS) is 16.9. The standard InChI is InChI=1S/C22H23N3O3/c26-20(24-12-4-10-23-11-14-24)17-7-8-18-19(15-17)22(28)25(21(18)27)13-9-16-5-2-1-3-6-16/h1-3,5-8,15,23H,4,9-14H2. The molecule has 1 N–H and O–H groups in total. The molecule has 2 aliphatic heterocycles. The topological polar surface area (TPSA) is 69.7 Å². The number of benzene rings is 2. The van der Waals surface area contributed by atoms with E-state index in [1.165, 1.54) is 4.90 Å². The molecule has 6 nitrogen and oxygen atoms in total. The third-order valence-corrected chi connectivity index (χ3v) is 5.31. The van der Waals surface area contributed by atoms with Gasteiger partial charge in [-0.1, -0.05) is 30.3 Å². The van der Waals surface area contributed by atoms with Crippen LogP contribution in [0.25, 0.3) is 0 Å². The van der Waals surface area contributed by atoms with Gasteiger partial charge in [-0.25, -0.2) is 0 Å². The Bertz CT molecular complexity index is 902. The molecule has 2 aliphatic rings. The summed E-state index contributed by atoms with van der Waals surface area (Å²) in [5.74, 6) is -0.688. The van der Waals surface area contributed by atoms with Crippen LogP contribution in [-0.4, -0.2) is 60.2 Å². The van der Waals surface area contributed by atoms with E-state index in [0.717, 1.165) is 25.1 Å². The molecular formula is C22H23N3O3. The number of hydrogen-bond acceptors (Lipinski definition) is 4. The quantitative estimate of drug-likeness (QED) is 0.827. The zero-order chi connectivity index (χ0) is 19.5. The first-order valence-corrected chi connectivity index (χ1v) is 9.69. The smallest absolute Gasteiger partial charge is 0.261 e. The molecule has 1 saturated heterocycles. The van der Waals surface area contributed by atoms with Crippen LogP contribution in [0.4, 0.5) is 0 Å². The fourth-order valence-electron chi connectivity index (χ4n) is 3.74. The van der Waals surface area contributed by atoms with Crippen molar-refractivity contribution in [2.75, 3.05) is 32.7 Å². The summed E-state index contributed by atoms with van der Waals surface area (Å²) in [7, 11) is 0. The molecule has 2 aromatic rings. The lowest BCUT2D eigenvalue weighted by Crippen LogP contribution is -2.34. The largest absolute Gasteiger partial charge is 0.337 e. The van der Waals surface area contributed by atoms with Crippen LogP contribution in [0.5, 0.6) is 0 Å². The molecule has 0 bridgehead atoms. The molecular weight excluding hydrogens is 354 g/mol. The highest BCUT2D eigenvalue weighted by Gasteiger charge is 2.36. The van der Waals surface area contributed by atoms with E-state index in [1.54, 1.807) is 23.1 Å². The van der Waals surface area contributed by atoms with Crippen LogP contribution in [-0.2, 0) is 6.42 Å². The number of nitrogens with one attached hydrogen (secondary N) is 1. The van der Waals surface area contributed by atoms with E-state index in [2.05, 4.69) is 5.32 Å². The van der Waals surface area contributed by atoms with Crippen LogP contribution in [0.2, 0.25) is 0 Å². The van der Waals surface area contributed by atoms with Crippen molar-refractivity contribution in [2.45, 2.75) is 12.8 Å². The van der Waals surface area contributed by atoms with Crippen molar-refractivity contribution in [3.05, 3.63) is 70.8 Å². The number of fused-ring (bicyclic) bond motifs is 1. The molecule has 144 valence electrons. The lowest BCUT2D eigenvalue weighted by Gasteiger charge is -2.20. The summed E-state index contributed by atoms with van der Waals surface area (Å²) in [5.41, 5.74) is 2.25. The molecule has 2 heterocycles. The van der Waals surface area contributed by atoms with Gasteiger partial charge in [0.15, 0.2) is 0 Å². The second kappa shape index (κ2) is 7.94. The van der Waals surface area contributed by atoms with E-state index < -0.39 is 0 Å². The SMILES string of the molecule is O=C(c1ccc2c(c1)C(=O)N(CCc1ccccc1)C2=O)N1CCCNCC1. The Morgan fingerprint density at radius 3 is 2.54 bits per heavy atom. The first-order valence-electron chi connectivity index (χ1n) is 9.69. The van der Waals surface area contributed by atoms with Crippen molar-refractivity contribution in [3.63, 3.8) is 0 Å². The molecule has 0 radical (unpaired) electrons. The van der Waals surface area contributed by atoms with Crippen LogP contribution >= 0.6 is 0 Å². The minimum absolute atomic E-state index is 0.0884. The van der Waals surface area contributed by atoms with Gasteiger partial charge in [-0.15, -0.1) is 0 Å². The third kappa shape index (κ3) is 3.55. The summed E-state index contributed by atoms with van der Waals surface area (Å²) in [6.07, 6.45) is 1.51. The fraction of sp³-hybridized carbons (Fsp3) is 0.318. The number of hydrogen-bond donors (Lipinski definition) is 1. The van der Waals surface area contributed by atoms with Gasteiger partial charge in [-0.2, -0.15) is 0 Å². The molecule has 0 spiro atoms. The Kier molecular flexibility index (Phi) is 5.21. The van der Waals surface area contributed by atoms with E-state index in [-0.39, 0.29) is 17.7 Å². The molecule has 4 rings (SSSR count). The van der Waals surface area contributed by atoms with Crippen LogP contribution < -0.4 is 5.32 Å². The Morgan fingerprint density at radius 2 is 1.71 bits per heavy atom. The van der Waals surface area contributed by atoms with Gasteiger partial charge in [-0.3, -0.25) is 19.3 Å². The van der Waals surface area contributed by atoms with Crippen molar-refractivity contribution >= 4 is 17.7 Å². The minimum atomic E-state index is -0.317. The summed E-state index contributed by atoms with van der Waals surface area (Å²) in [4.78, 5) is 41.4. The molecule has 0 aromatic heterocycles. The molecule has 0 atom stereocenters. The van der Waals surface area contributed by atoms with Gasteiger partial charge in [0.1, 0.15) is 0 Å². The van der Waals surface area contributed by atoms with E-state index in [4.69, 9.17) is 0 Å². The van der Waals surface area contributed by atoms with Crippen LogP contribution in [0, 0.1) is 0 Å². The monoisotopic (exact) mass is 377 g/mol. The highest BCUT2D eigenvalue weighted by molar-refractivity contribution is 6.22. The number of nitrogens with zero attached hydrogens (tertiary/aromatic N) is 2. The number of rotatable bonds is 4. The van der Waals surface area contributed by atoms with E-state index in [9.17, 15) is 14.4 Å². The van der Waals surface area contributed by atoms with E-state index >= 15 is 0 Å². The maximum absolute atomic E-state index is 12.8. The summed E-state index contributed by atoms with van der Waals surface area (Å²) in [5, 5.41) is 3.27. The fourth-order valence-corrected chi connectivity index (χ4v) is 3.74. The summed E-state index contributed by atoms with van der Waals surface area (Å²) < 4.78 is 0. The lowest BCUT2D eigenvalue weighted by atomic mass is 10.0.